The van der Waals surface area contributed by atoms with Gasteiger partial charge in [0.1, 0.15) is 5.75 Å². The number of non-ortho nitro benzene ring substituents is 1. The first-order chi connectivity index (χ1) is 9.65. The summed E-state index contributed by atoms with van der Waals surface area (Å²) in [5.74, 6) is 0.0289. The van der Waals surface area contributed by atoms with Crippen LogP contribution in [0.3, 0.4) is 0 Å². The van der Waals surface area contributed by atoms with Gasteiger partial charge in [0.2, 0.25) is 0 Å². The molecule has 2 heterocycles. The van der Waals surface area contributed by atoms with Crippen molar-refractivity contribution in [2.45, 2.75) is 0 Å². The summed E-state index contributed by atoms with van der Waals surface area (Å²) in [5, 5.41) is 20.3. The second-order valence-electron chi connectivity index (χ2n) is 4.23. The number of hydrogen-bond acceptors (Lipinski definition) is 5. The van der Waals surface area contributed by atoms with Crippen LogP contribution in [0.4, 0.5) is 5.69 Å². The van der Waals surface area contributed by atoms with Crippen LogP contribution < -0.4 is 0 Å². The number of aromatic hydroxyl groups is 1. The highest BCUT2D eigenvalue weighted by Crippen LogP contribution is 2.29. The van der Waals surface area contributed by atoms with Gasteiger partial charge >= 0.3 is 0 Å². The molecule has 0 radical (unpaired) electrons. The van der Waals surface area contributed by atoms with Crippen LogP contribution in [0.15, 0.2) is 48.8 Å². The number of fused-ring (bicyclic) bond motifs is 1. The Bertz CT molecular complexity index is 818. The molecule has 2 aromatic heterocycles. The van der Waals surface area contributed by atoms with Gasteiger partial charge in [-0.1, -0.05) is 12.1 Å². The van der Waals surface area contributed by atoms with Gasteiger partial charge in [0.25, 0.3) is 5.69 Å². The molecular formula is C14H9N3O3. The lowest BCUT2D eigenvalue weighted by atomic mass is 10.0. The molecule has 0 aliphatic carbocycles. The second-order valence-corrected chi connectivity index (χ2v) is 4.23. The van der Waals surface area contributed by atoms with Gasteiger partial charge < -0.3 is 5.11 Å². The van der Waals surface area contributed by atoms with Gasteiger partial charge in [-0.2, -0.15) is 0 Å². The highest BCUT2D eigenvalue weighted by Gasteiger charge is 2.11. The molecule has 0 fully saturated rings. The van der Waals surface area contributed by atoms with E-state index in [0.717, 1.165) is 5.56 Å². The van der Waals surface area contributed by atoms with Crippen molar-refractivity contribution >= 4 is 16.7 Å². The molecule has 3 aromatic rings. The Kier molecular flexibility index (Phi) is 2.76. The molecule has 0 spiro atoms. The fourth-order valence-electron chi connectivity index (χ4n) is 2.04. The third-order valence-electron chi connectivity index (χ3n) is 2.93. The Morgan fingerprint density at radius 1 is 1.15 bits per heavy atom. The summed E-state index contributed by atoms with van der Waals surface area (Å²) in [6.45, 7) is 0. The molecule has 0 amide bonds. The molecule has 0 atom stereocenters. The molecule has 1 N–H and O–H groups in total. The van der Waals surface area contributed by atoms with Crippen LogP contribution in [0.1, 0.15) is 0 Å². The lowest BCUT2D eigenvalue weighted by Crippen LogP contribution is -1.90. The average Bonchev–Trinajstić information content (AvgIpc) is 2.46. The molecule has 0 bridgehead atoms. The summed E-state index contributed by atoms with van der Waals surface area (Å²) in [5.41, 5.74) is 2.56. The van der Waals surface area contributed by atoms with Crippen molar-refractivity contribution in [2.24, 2.45) is 0 Å². The van der Waals surface area contributed by atoms with E-state index in [1.54, 1.807) is 24.4 Å². The zero-order chi connectivity index (χ0) is 14.1. The third kappa shape index (κ3) is 2.03. The average molecular weight is 267 g/mol. The quantitative estimate of drug-likeness (QED) is 0.569. The first-order valence-electron chi connectivity index (χ1n) is 5.84. The van der Waals surface area contributed by atoms with Crippen LogP contribution in [0, 0.1) is 10.1 Å². The van der Waals surface area contributed by atoms with Gasteiger partial charge in [0.05, 0.1) is 22.2 Å². The van der Waals surface area contributed by atoms with Gasteiger partial charge in [-0.25, -0.2) is 0 Å². The standard InChI is InChI=1S/C14H9N3O3/c18-11-7-13-14(16-8-11)12(4-5-15-13)9-2-1-3-10(6-9)17(19)20/h1-8,18H. The SMILES string of the molecule is O=[N+]([O-])c1cccc(-c2ccnc3cc(O)cnc23)c1. The number of hydrogen-bond donors (Lipinski definition) is 1. The summed E-state index contributed by atoms with van der Waals surface area (Å²) in [6.07, 6.45) is 2.91. The van der Waals surface area contributed by atoms with Crippen molar-refractivity contribution in [3.8, 4) is 16.9 Å². The Morgan fingerprint density at radius 3 is 2.80 bits per heavy atom. The Balaban J connectivity index is 2.24. The van der Waals surface area contributed by atoms with Crippen LogP contribution in [0.5, 0.6) is 5.75 Å². The molecule has 0 saturated heterocycles. The molecule has 0 aliphatic rings. The maximum absolute atomic E-state index is 10.8. The van der Waals surface area contributed by atoms with Crippen molar-refractivity contribution in [2.75, 3.05) is 0 Å². The zero-order valence-electron chi connectivity index (χ0n) is 10.2. The predicted molar refractivity (Wildman–Crippen MR) is 73.3 cm³/mol. The summed E-state index contributed by atoms with van der Waals surface area (Å²) >= 11 is 0. The summed E-state index contributed by atoms with van der Waals surface area (Å²) in [4.78, 5) is 18.7. The van der Waals surface area contributed by atoms with Crippen molar-refractivity contribution < 1.29 is 10.0 Å². The molecule has 20 heavy (non-hydrogen) atoms. The molecule has 0 unspecified atom stereocenters. The minimum absolute atomic E-state index is 0.0197. The van der Waals surface area contributed by atoms with Crippen molar-refractivity contribution in [3.05, 3.63) is 58.9 Å². The minimum Gasteiger partial charge on any atom is -0.506 e. The van der Waals surface area contributed by atoms with E-state index < -0.39 is 4.92 Å². The summed E-state index contributed by atoms with van der Waals surface area (Å²) < 4.78 is 0. The number of rotatable bonds is 2. The Morgan fingerprint density at radius 2 is 2.00 bits per heavy atom. The van der Waals surface area contributed by atoms with Crippen LogP contribution in [-0.2, 0) is 0 Å². The fourth-order valence-corrected chi connectivity index (χ4v) is 2.04. The van der Waals surface area contributed by atoms with E-state index in [1.165, 1.54) is 24.4 Å². The topological polar surface area (TPSA) is 89.2 Å². The number of nitro groups is 1. The Labute approximate surface area is 113 Å². The van der Waals surface area contributed by atoms with E-state index >= 15 is 0 Å². The van der Waals surface area contributed by atoms with E-state index in [4.69, 9.17) is 0 Å². The van der Waals surface area contributed by atoms with Crippen molar-refractivity contribution in [1.29, 1.82) is 0 Å². The molecule has 98 valence electrons. The highest BCUT2D eigenvalue weighted by molar-refractivity contribution is 5.91. The van der Waals surface area contributed by atoms with Crippen LogP contribution >= 0.6 is 0 Å². The second kappa shape index (κ2) is 4.58. The molecule has 6 nitrogen and oxygen atoms in total. The highest BCUT2D eigenvalue weighted by atomic mass is 16.6. The number of aromatic nitrogens is 2. The number of pyridine rings is 2. The summed E-state index contributed by atoms with van der Waals surface area (Å²) in [7, 11) is 0. The van der Waals surface area contributed by atoms with Crippen molar-refractivity contribution in [3.63, 3.8) is 0 Å². The number of nitrogens with zero attached hydrogens (tertiary/aromatic N) is 3. The molecule has 1 aromatic carbocycles. The van der Waals surface area contributed by atoms with E-state index in [1.807, 2.05) is 0 Å². The first-order valence-corrected chi connectivity index (χ1v) is 5.84. The largest absolute Gasteiger partial charge is 0.506 e. The van der Waals surface area contributed by atoms with Gasteiger partial charge in [0, 0.05) is 30.0 Å². The first kappa shape index (κ1) is 12.0. The molecule has 6 heteroatoms. The van der Waals surface area contributed by atoms with E-state index in [-0.39, 0.29) is 11.4 Å². The zero-order valence-corrected chi connectivity index (χ0v) is 10.2. The fraction of sp³-hybridized carbons (Fsp3) is 0. The Hall–Kier alpha value is -3.02. The lowest BCUT2D eigenvalue weighted by molar-refractivity contribution is -0.384. The smallest absolute Gasteiger partial charge is 0.270 e. The number of nitro benzene ring substituents is 1. The maximum atomic E-state index is 10.8. The number of benzene rings is 1. The monoisotopic (exact) mass is 267 g/mol. The molecular weight excluding hydrogens is 258 g/mol. The lowest BCUT2D eigenvalue weighted by Gasteiger charge is -2.05. The van der Waals surface area contributed by atoms with Crippen LogP contribution in [-0.4, -0.2) is 20.0 Å². The van der Waals surface area contributed by atoms with E-state index in [2.05, 4.69) is 9.97 Å². The van der Waals surface area contributed by atoms with Crippen molar-refractivity contribution in [1.82, 2.24) is 9.97 Å². The van der Waals surface area contributed by atoms with Gasteiger partial charge in [-0.05, 0) is 11.6 Å². The van der Waals surface area contributed by atoms with Crippen LogP contribution in [0.25, 0.3) is 22.2 Å². The normalized spacial score (nSPS) is 10.6. The van der Waals surface area contributed by atoms with E-state index in [0.29, 0.717) is 16.6 Å². The minimum atomic E-state index is -0.438. The summed E-state index contributed by atoms with van der Waals surface area (Å²) in [6, 6.07) is 9.57. The van der Waals surface area contributed by atoms with E-state index in [9.17, 15) is 15.2 Å². The molecule has 0 aliphatic heterocycles. The van der Waals surface area contributed by atoms with Gasteiger partial charge in [0.15, 0.2) is 0 Å². The van der Waals surface area contributed by atoms with Crippen LogP contribution in [0.2, 0.25) is 0 Å². The third-order valence-corrected chi connectivity index (χ3v) is 2.93. The maximum Gasteiger partial charge on any atom is 0.270 e. The van der Waals surface area contributed by atoms with Gasteiger partial charge in [-0.3, -0.25) is 20.1 Å². The molecule has 0 saturated carbocycles. The van der Waals surface area contributed by atoms with Gasteiger partial charge in [-0.15, -0.1) is 0 Å². The molecule has 3 rings (SSSR count). The predicted octanol–water partition coefficient (Wildman–Crippen LogP) is 2.91.